The van der Waals surface area contributed by atoms with Gasteiger partial charge >= 0.3 is 49.6 Å². The minimum absolute atomic E-state index is 1.28. The fourth-order valence-electron chi connectivity index (χ4n) is 2.68. The molecule has 2 nitrogen and oxygen atoms in total. The van der Waals surface area contributed by atoms with Crippen molar-refractivity contribution in [3.63, 3.8) is 0 Å². The molecule has 0 heterocycles. The van der Waals surface area contributed by atoms with E-state index in [4.69, 9.17) is 38.8 Å². The Morgan fingerprint density at radius 3 is 0.522 bits per heavy atom. The molecule has 0 unspecified atom stereocenters. The molecule has 0 fully saturated rings. The van der Waals surface area contributed by atoms with Crippen molar-refractivity contribution < 1.29 is 19.8 Å². The third-order valence-corrected chi connectivity index (χ3v) is 5.37. The van der Waals surface area contributed by atoms with Crippen molar-refractivity contribution in [2.75, 3.05) is 52.4 Å². The van der Waals surface area contributed by atoms with E-state index in [2.05, 4.69) is 55.4 Å². The molecule has 23 heavy (non-hydrogen) atoms. The Labute approximate surface area is 165 Å². The molecule has 0 saturated heterocycles. The normalized spacial score (nSPS) is 12.7. The zero-order valence-electron chi connectivity index (χ0n) is 16.4. The molecule has 0 aromatic rings. The topological polar surface area (TPSA) is 0 Å². The summed E-state index contributed by atoms with van der Waals surface area (Å²) in [7, 11) is 17.0. The Morgan fingerprint density at radius 1 is 0.435 bits per heavy atom. The van der Waals surface area contributed by atoms with Gasteiger partial charge in [0.05, 0.1) is 52.4 Å². The molecule has 0 radical (unpaired) electrons. The van der Waals surface area contributed by atoms with Gasteiger partial charge in [-0.25, -0.2) is 0 Å². The van der Waals surface area contributed by atoms with E-state index in [0.717, 1.165) is 0 Å². The maximum absolute atomic E-state index is 5.00. The summed E-state index contributed by atoms with van der Waals surface area (Å²) in [6.45, 7) is 28.4. The zero-order valence-corrected chi connectivity index (χ0v) is 21.2. The van der Waals surface area contributed by atoms with Gasteiger partial charge in [-0.3, -0.25) is 0 Å². The fourth-order valence-corrected chi connectivity index (χ4v) is 2.68. The summed E-state index contributed by atoms with van der Waals surface area (Å²) >= 11 is 0. The van der Waals surface area contributed by atoms with Gasteiger partial charge in [0.1, 0.15) is 0 Å². The van der Waals surface area contributed by atoms with Crippen LogP contribution in [0.3, 0.4) is 0 Å². The molecule has 0 N–H and O–H groups in total. The third kappa shape index (κ3) is 16.9. The van der Waals surface area contributed by atoms with Crippen molar-refractivity contribution in [2.45, 2.75) is 55.4 Å². The molecule has 0 amide bonds. The van der Waals surface area contributed by atoms with Crippen molar-refractivity contribution >= 4 is 38.8 Å². The van der Waals surface area contributed by atoms with Crippen LogP contribution in [0, 0.1) is 0 Å². The van der Waals surface area contributed by atoms with E-state index in [-0.39, 0.29) is 0 Å². The average molecular weight is 503 g/mol. The van der Waals surface area contributed by atoms with Crippen LogP contribution in [0.15, 0.2) is 0 Å². The molecule has 7 heteroatoms. The van der Waals surface area contributed by atoms with E-state index in [0.29, 0.717) is 0 Å². The van der Waals surface area contributed by atoms with Crippen molar-refractivity contribution in [2.24, 2.45) is 0 Å². The van der Waals surface area contributed by atoms with E-state index in [1.54, 1.807) is 0 Å². The minimum atomic E-state index is -2.97. The van der Waals surface area contributed by atoms with Crippen LogP contribution in [-0.2, 0) is 10.8 Å². The molecule has 0 aromatic heterocycles. The molecule has 0 aliphatic heterocycles. The SMILES string of the molecule is CC[N+](CC)(CC)CC.CC[N+](CC)(CC)CC.[Cl][Ru-2]([Cl])([Cl])[Cl]. The van der Waals surface area contributed by atoms with Gasteiger partial charge in [-0.15, -0.1) is 0 Å². The van der Waals surface area contributed by atoms with E-state index in [1.165, 1.54) is 61.3 Å². The number of hydrogen-bond donors (Lipinski definition) is 0. The van der Waals surface area contributed by atoms with Crippen LogP contribution in [-0.4, -0.2) is 61.3 Å². The average Bonchev–Trinajstić information content (AvgIpc) is 2.52. The first kappa shape index (κ1) is 29.5. The maximum atomic E-state index is 5.00. The van der Waals surface area contributed by atoms with E-state index in [1.807, 2.05) is 0 Å². The van der Waals surface area contributed by atoms with Gasteiger partial charge < -0.3 is 8.97 Å². The number of rotatable bonds is 8. The molecule has 0 saturated carbocycles. The first-order valence-electron chi connectivity index (χ1n) is 8.72. The first-order valence-corrected chi connectivity index (χ1v) is 17.7. The Kier molecular flexibility index (Phi) is 20.4. The molecule has 0 spiro atoms. The third-order valence-electron chi connectivity index (χ3n) is 5.37. The summed E-state index contributed by atoms with van der Waals surface area (Å²) in [5.74, 6) is 0. The Hall–Kier alpha value is 1.70. The van der Waals surface area contributed by atoms with Gasteiger partial charge in [0.2, 0.25) is 0 Å². The second-order valence-electron chi connectivity index (χ2n) is 5.52. The molecule has 0 aliphatic rings. The molecule has 0 atom stereocenters. The van der Waals surface area contributed by atoms with Crippen molar-refractivity contribution in [1.82, 2.24) is 0 Å². The quantitative estimate of drug-likeness (QED) is 0.261. The molecule has 0 rings (SSSR count). The van der Waals surface area contributed by atoms with Crippen LogP contribution in [0.2, 0.25) is 0 Å². The number of nitrogens with zero attached hydrogens (tertiary/aromatic N) is 2. The molecular formula is C16H40Cl4N2Ru. The van der Waals surface area contributed by atoms with Crippen LogP contribution in [0.1, 0.15) is 55.4 Å². The zero-order chi connectivity index (χ0) is 19.2. The summed E-state index contributed by atoms with van der Waals surface area (Å²) < 4.78 is 2.56. The predicted molar refractivity (Wildman–Crippen MR) is 108 cm³/mol. The molecule has 150 valence electrons. The molecule has 0 aliphatic carbocycles. The van der Waals surface area contributed by atoms with Crippen molar-refractivity contribution in [3.8, 4) is 0 Å². The summed E-state index contributed by atoms with van der Waals surface area (Å²) in [6.07, 6.45) is 0. The van der Waals surface area contributed by atoms with Gasteiger partial charge in [0, 0.05) is 0 Å². The number of hydrogen-bond acceptors (Lipinski definition) is 0. The van der Waals surface area contributed by atoms with Crippen LogP contribution < -0.4 is 0 Å². The Bertz CT molecular complexity index is 192. The fraction of sp³-hybridized carbons (Fsp3) is 1.00. The van der Waals surface area contributed by atoms with E-state index < -0.39 is 10.8 Å². The number of quaternary nitrogens is 2. The standard InChI is InChI=1S/2C8H20N.4ClH.Ru/c2*1-5-9(6-2,7-3)8-4;;;;;/h2*5-8H2,1-4H3;4*1H;/q2*+1;;;;;+2/p-4. The molecular weight excluding hydrogens is 463 g/mol. The van der Waals surface area contributed by atoms with Crippen LogP contribution in [0.4, 0.5) is 0 Å². The van der Waals surface area contributed by atoms with Gasteiger partial charge in [0.15, 0.2) is 0 Å². The summed E-state index contributed by atoms with van der Waals surface area (Å²) in [6, 6.07) is 0. The second-order valence-corrected chi connectivity index (χ2v) is 21.3. The molecule has 0 aromatic carbocycles. The first-order chi connectivity index (χ1) is 10.5. The summed E-state index contributed by atoms with van der Waals surface area (Å²) in [5, 5.41) is 0. The van der Waals surface area contributed by atoms with Gasteiger partial charge in [-0.1, -0.05) is 0 Å². The molecule has 0 bridgehead atoms. The van der Waals surface area contributed by atoms with Gasteiger partial charge in [-0.2, -0.15) is 0 Å². The van der Waals surface area contributed by atoms with Crippen LogP contribution >= 0.6 is 38.8 Å². The van der Waals surface area contributed by atoms with E-state index in [9.17, 15) is 0 Å². The summed E-state index contributed by atoms with van der Waals surface area (Å²) in [4.78, 5) is 0. The number of halogens is 4. The summed E-state index contributed by atoms with van der Waals surface area (Å²) in [5.41, 5.74) is 0. The predicted octanol–water partition coefficient (Wildman–Crippen LogP) is 6.52. The van der Waals surface area contributed by atoms with Crippen LogP contribution in [0.25, 0.3) is 0 Å². The Balaban J connectivity index is -0.000000273. The van der Waals surface area contributed by atoms with Crippen LogP contribution in [0.5, 0.6) is 0 Å². The second kappa shape index (κ2) is 15.9. The van der Waals surface area contributed by atoms with Gasteiger partial charge in [0.25, 0.3) is 0 Å². The Morgan fingerprint density at radius 2 is 0.522 bits per heavy atom. The van der Waals surface area contributed by atoms with Gasteiger partial charge in [-0.05, 0) is 55.4 Å². The van der Waals surface area contributed by atoms with Crippen molar-refractivity contribution in [3.05, 3.63) is 0 Å². The monoisotopic (exact) mass is 502 g/mol. The van der Waals surface area contributed by atoms with E-state index >= 15 is 0 Å². The van der Waals surface area contributed by atoms with Crippen molar-refractivity contribution in [1.29, 1.82) is 0 Å².